The largest absolute Gasteiger partial charge is 0.492 e. The van der Waals surface area contributed by atoms with Crippen LogP contribution in [0.5, 0.6) is 5.75 Å². The van der Waals surface area contributed by atoms with Crippen molar-refractivity contribution in [3.63, 3.8) is 0 Å². The number of unbranched alkanes of at least 4 members (excludes halogenated alkanes) is 1. The van der Waals surface area contributed by atoms with Crippen LogP contribution in [0.3, 0.4) is 0 Å². The van der Waals surface area contributed by atoms with Crippen molar-refractivity contribution in [2.24, 2.45) is 0 Å². The van der Waals surface area contributed by atoms with Gasteiger partial charge in [-0.1, -0.05) is 40.2 Å². The first kappa shape index (κ1) is 14.4. The Balaban J connectivity index is 2.79. The number of hydrogen-bond acceptors (Lipinski definition) is 2. The summed E-state index contributed by atoms with van der Waals surface area (Å²) in [5.74, 6) is 0.900. The van der Waals surface area contributed by atoms with Gasteiger partial charge in [-0.3, -0.25) is 0 Å². The highest BCUT2D eigenvalue weighted by Gasteiger charge is 2.18. The molecule has 0 fully saturated rings. The predicted molar refractivity (Wildman–Crippen MR) is 77.4 cm³/mol. The third kappa shape index (κ3) is 3.95. The summed E-state index contributed by atoms with van der Waals surface area (Å²) >= 11 is 4.52. The molecule has 1 aromatic carbocycles. The Morgan fingerprint density at radius 2 is 1.94 bits per heavy atom. The molecule has 2 heteroatoms. The summed E-state index contributed by atoms with van der Waals surface area (Å²) in [7, 11) is 0. The molecule has 0 radical (unpaired) electrons. The second-order valence-electron chi connectivity index (χ2n) is 5.12. The van der Waals surface area contributed by atoms with Gasteiger partial charge in [-0.15, -0.1) is 12.6 Å². The average molecular weight is 252 g/mol. The lowest BCUT2D eigenvalue weighted by atomic mass is 9.82. The van der Waals surface area contributed by atoms with E-state index >= 15 is 0 Å². The molecular weight excluding hydrogens is 228 g/mol. The molecule has 0 aliphatic rings. The molecule has 0 bridgehead atoms. The zero-order valence-corrected chi connectivity index (χ0v) is 12.3. The topological polar surface area (TPSA) is 9.23 Å². The first-order valence-corrected chi connectivity index (χ1v) is 6.92. The first-order chi connectivity index (χ1) is 8.01. The zero-order chi connectivity index (χ0) is 12.9. The number of benzene rings is 1. The molecule has 0 aromatic heterocycles. The normalized spacial score (nSPS) is 11.6. The molecule has 1 nitrogen and oxygen atoms in total. The Labute approximate surface area is 111 Å². The van der Waals surface area contributed by atoms with Gasteiger partial charge in [0.25, 0.3) is 0 Å². The van der Waals surface area contributed by atoms with Gasteiger partial charge in [0.05, 0.1) is 6.61 Å². The van der Waals surface area contributed by atoms with Gasteiger partial charge in [-0.25, -0.2) is 0 Å². The molecule has 0 amide bonds. The molecule has 96 valence electrons. The minimum atomic E-state index is 0.208. The lowest BCUT2D eigenvalue weighted by Gasteiger charge is -2.24. The summed E-state index contributed by atoms with van der Waals surface area (Å²) in [6, 6.07) is 6.34. The van der Waals surface area contributed by atoms with Crippen molar-refractivity contribution < 1.29 is 4.74 Å². The zero-order valence-electron chi connectivity index (χ0n) is 11.4. The van der Waals surface area contributed by atoms with Crippen LogP contribution in [-0.4, -0.2) is 6.61 Å². The highest BCUT2D eigenvalue weighted by atomic mass is 32.1. The summed E-state index contributed by atoms with van der Waals surface area (Å²) in [6.45, 7) is 9.67. The van der Waals surface area contributed by atoms with E-state index in [4.69, 9.17) is 4.74 Å². The fourth-order valence-corrected chi connectivity index (χ4v) is 1.87. The molecule has 0 unspecified atom stereocenters. The number of thiol groups is 1. The van der Waals surface area contributed by atoms with E-state index in [0.717, 1.165) is 36.5 Å². The smallest absolute Gasteiger partial charge is 0.132 e. The lowest BCUT2D eigenvalue weighted by Crippen LogP contribution is -2.15. The first-order valence-electron chi connectivity index (χ1n) is 6.47. The van der Waals surface area contributed by atoms with Gasteiger partial charge >= 0.3 is 0 Å². The standard InChI is InChI=1S/C15H24OS/c1-5-7-10-16-13-9-8-12(11-14(13)17)15(3,4)6-2/h8-9,11,17H,5-7,10H2,1-4H3. The minimum absolute atomic E-state index is 0.208. The van der Waals surface area contributed by atoms with Crippen molar-refractivity contribution in [2.45, 2.75) is 57.3 Å². The Bertz CT molecular complexity index is 358. The quantitative estimate of drug-likeness (QED) is 0.563. The van der Waals surface area contributed by atoms with Crippen molar-refractivity contribution in [1.82, 2.24) is 0 Å². The highest BCUT2D eigenvalue weighted by Crippen LogP contribution is 2.32. The predicted octanol–water partition coefficient (Wildman–Crippen LogP) is 4.84. The molecule has 0 heterocycles. The van der Waals surface area contributed by atoms with Gasteiger partial charge in [0, 0.05) is 4.90 Å². The van der Waals surface area contributed by atoms with E-state index in [2.05, 4.69) is 52.5 Å². The third-order valence-electron chi connectivity index (χ3n) is 3.38. The van der Waals surface area contributed by atoms with Crippen LogP contribution in [0.4, 0.5) is 0 Å². The second kappa shape index (κ2) is 6.34. The Kier molecular flexibility index (Phi) is 5.38. The third-order valence-corrected chi connectivity index (χ3v) is 3.73. The van der Waals surface area contributed by atoms with E-state index in [-0.39, 0.29) is 5.41 Å². The number of hydrogen-bond donors (Lipinski definition) is 1. The maximum atomic E-state index is 5.70. The van der Waals surface area contributed by atoms with Gasteiger partial charge < -0.3 is 4.74 Å². The van der Waals surface area contributed by atoms with E-state index in [1.165, 1.54) is 5.56 Å². The maximum Gasteiger partial charge on any atom is 0.132 e. The van der Waals surface area contributed by atoms with Crippen LogP contribution in [0.1, 0.15) is 52.5 Å². The molecule has 0 saturated carbocycles. The highest BCUT2D eigenvalue weighted by molar-refractivity contribution is 7.80. The fourth-order valence-electron chi connectivity index (χ4n) is 1.59. The molecule has 0 aliphatic carbocycles. The van der Waals surface area contributed by atoms with Crippen LogP contribution in [-0.2, 0) is 5.41 Å². The van der Waals surface area contributed by atoms with Gasteiger partial charge in [0.1, 0.15) is 5.75 Å². The van der Waals surface area contributed by atoms with Crippen molar-refractivity contribution >= 4 is 12.6 Å². The molecular formula is C15H24OS. The monoisotopic (exact) mass is 252 g/mol. The summed E-state index contributed by atoms with van der Waals surface area (Å²) in [5, 5.41) is 0. The lowest BCUT2D eigenvalue weighted by molar-refractivity contribution is 0.302. The van der Waals surface area contributed by atoms with E-state index in [9.17, 15) is 0 Å². The Morgan fingerprint density at radius 1 is 1.24 bits per heavy atom. The summed E-state index contributed by atoms with van der Waals surface area (Å²) in [4.78, 5) is 0.945. The van der Waals surface area contributed by atoms with Crippen LogP contribution < -0.4 is 4.74 Å². The molecule has 0 spiro atoms. The molecule has 0 N–H and O–H groups in total. The maximum absolute atomic E-state index is 5.70. The molecule has 17 heavy (non-hydrogen) atoms. The van der Waals surface area contributed by atoms with Crippen LogP contribution in [0.25, 0.3) is 0 Å². The van der Waals surface area contributed by atoms with E-state index < -0.39 is 0 Å². The van der Waals surface area contributed by atoms with Crippen molar-refractivity contribution in [1.29, 1.82) is 0 Å². The van der Waals surface area contributed by atoms with Crippen LogP contribution in [0, 0.1) is 0 Å². The number of rotatable bonds is 6. The molecule has 0 atom stereocenters. The Morgan fingerprint density at radius 3 is 2.47 bits per heavy atom. The molecule has 1 aromatic rings. The Hall–Kier alpha value is -0.630. The van der Waals surface area contributed by atoms with Crippen molar-refractivity contribution in [3.8, 4) is 5.75 Å². The molecule has 0 saturated heterocycles. The van der Waals surface area contributed by atoms with Gasteiger partial charge in [0.2, 0.25) is 0 Å². The van der Waals surface area contributed by atoms with Gasteiger partial charge in [-0.2, -0.15) is 0 Å². The van der Waals surface area contributed by atoms with Crippen LogP contribution in [0.15, 0.2) is 23.1 Å². The summed E-state index contributed by atoms with van der Waals surface area (Å²) < 4.78 is 5.70. The van der Waals surface area contributed by atoms with Gasteiger partial charge in [0.15, 0.2) is 0 Å². The fraction of sp³-hybridized carbons (Fsp3) is 0.600. The molecule has 0 aliphatic heterocycles. The van der Waals surface area contributed by atoms with E-state index in [1.807, 2.05) is 6.07 Å². The summed E-state index contributed by atoms with van der Waals surface area (Å²) in [6.07, 6.45) is 3.37. The van der Waals surface area contributed by atoms with Gasteiger partial charge in [-0.05, 0) is 36.0 Å². The number of ether oxygens (including phenoxy) is 1. The summed E-state index contributed by atoms with van der Waals surface area (Å²) in [5.41, 5.74) is 1.53. The second-order valence-corrected chi connectivity index (χ2v) is 5.60. The average Bonchev–Trinajstić information content (AvgIpc) is 2.31. The molecule has 1 rings (SSSR count). The SMILES string of the molecule is CCCCOc1ccc(C(C)(C)CC)cc1S. The van der Waals surface area contributed by atoms with Crippen molar-refractivity contribution in [2.75, 3.05) is 6.61 Å². The van der Waals surface area contributed by atoms with E-state index in [1.54, 1.807) is 0 Å². The van der Waals surface area contributed by atoms with Crippen LogP contribution >= 0.6 is 12.6 Å². The minimum Gasteiger partial charge on any atom is -0.492 e. The van der Waals surface area contributed by atoms with Crippen molar-refractivity contribution in [3.05, 3.63) is 23.8 Å². The van der Waals surface area contributed by atoms with Crippen LogP contribution in [0.2, 0.25) is 0 Å². The van der Waals surface area contributed by atoms with E-state index in [0.29, 0.717) is 0 Å².